The monoisotopic (exact) mass is 1290 g/mol. The molecule has 76 heavy (non-hydrogen) atoms. The lowest BCUT2D eigenvalue weighted by atomic mass is 10.6. The van der Waals surface area contributed by atoms with Gasteiger partial charge in [-0.3, -0.25) is 0 Å². The molecule has 0 saturated carbocycles. The van der Waals surface area contributed by atoms with Crippen LogP contribution in [-0.4, -0.2) is 74.9 Å². The maximum Gasteiger partial charge on any atom is 0.445 e. The van der Waals surface area contributed by atoms with Crippen LogP contribution in [0.15, 0.2) is 0 Å². The Morgan fingerprint density at radius 3 is 0.539 bits per heavy atom. The first-order valence-corrected chi connectivity index (χ1v) is 61.1. The van der Waals surface area contributed by atoms with Crippen molar-refractivity contribution in [2.75, 3.05) is 0 Å². The smallest absolute Gasteiger partial charge is 0.331 e. The van der Waals surface area contributed by atoms with Crippen LogP contribution in [-0.2, 0) is 51.6 Å². The van der Waals surface area contributed by atoms with Gasteiger partial charge in [0, 0.05) is 0 Å². The second kappa shape index (κ2) is 38.4. The van der Waals surface area contributed by atoms with Crippen LogP contribution < -0.4 is 0 Å². The summed E-state index contributed by atoms with van der Waals surface area (Å²) < 4.78 is 99.1. The Morgan fingerprint density at radius 1 is 0.224 bits per heavy atom. The highest BCUT2D eigenvalue weighted by Gasteiger charge is 2.52. The molecule has 0 aromatic carbocycles. The van der Waals surface area contributed by atoms with Gasteiger partial charge in [0.2, 0.25) is 49.9 Å². The largest absolute Gasteiger partial charge is 0.445 e. The van der Waals surface area contributed by atoms with Crippen molar-refractivity contribution in [3.05, 3.63) is 0 Å². The summed E-state index contributed by atoms with van der Waals surface area (Å²) >= 11 is 0. The van der Waals surface area contributed by atoms with E-state index in [4.69, 9.17) is 37.9 Å². The molecular weight excluding hydrogens is 1160 g/mol. The SMILES string of the molecule is CCC[Si](C)(CCC)OP(=O)(O[Si](CCC)(CCC)CCC)O[Si](CCC)(CCC)CCC.CC[Si](CC)(CC)OP(=O)(O[Si](CC)(CC)CC)O[Si](CC)(CC)CC.C[Si](C)(C)OP(=O)(O[Si](C)(C)C)O[Si](C)(C)C. The number of phosphoric acid groups is 3. The summed E-state index contributed by atoms with van der Waals surface area (Å²) in [7, 11) is -29.4. The van der Waals surface area contributed by atoms with Gasteiger partial charge in [0.1, 0.15) is 0 Å². The normalized spacial score (nSPS) is 14.1. The molecule has 0 saturated heterocycles. The highest BCUT2D eigenvalue weighted by molar-refractivity contribution is 7.55. The standard InChI is InChI=1S/C25H59O4PSi3.C18H45O4PSi3.C9H27O4PSi3/c1-10-18-31(9,19-11-2)27-30(26,28-32(20-12-3,21-13-4)22-14-5)29-33(23-15-6,24-16-7)25-17-8;1-10-24(11-2,12-3)20-23(19,21-25(13-4,14-5)15-6)22-26(16-7,17-8)18-9;1-15(2,3)11-14(10,12-16(4,5)6)13-17(7,8)9/h10-25H2,1-9H3;10-18H2,1-9H3;1-9H3. The van der Waals surface area contributed by atoms with E-state index in [1.165, 1.54) is 0 Å². The van der Waals surface area contributed by atoms with Gasteiger partial charge in [-0.2, -0.15) is 0 Å². The van der Waals surface area contributed by atoms with Crippen molar-refractivity contribution >= 4 is 98.3 Å². The summed E-state index contributed by atoms with van der Waals surface area (Å²) in [5.74, 6) is 0. The molecule has 0 aliphatic heterocycles. The summed E-state index contributed by atoms with van der Waals surface area (Å²) in [5, 5.41) is 0. The van der Waals surface area contributed by atoms with Gasteiger partial charge < -0.3 is 37.9 Å². The van der Waals surface area contributed by atoms with Crippen molar-refractivity contribution in [1.82, 2.24) is 0 Å². The van der Waals surface area contributed by atoms with Crippen molar-refractivity contribution in [3.63, 3.8) is 0 Å². The Balaban J connectivity index is -0.00000111. The second-order valence-corrected chi connectivity index (χ2v) is 72.1. The Hall–Kier alpha value is 2.28. The molecule has 0 rings (SSSR count). The second-order valence-electron chi connectivity index (χ2n) is 25.0. The molecule has 0 atom stereocenters. The average Bonchev–Trinajstić information content (AvgIpc) is 3.28. The molecule has 0 amide bonds. The van der Waals surface area contributed by atoms with E-state index in [1.807, 2.05) is 58.9 Å². The van der Waals surface area contributed by atoms with Crippen LogP contribution in [0.25, 0.3) is 0 Å². The van der Waals surface area contributed by atoms with Crippen molar-refractivity contribution < 1.29 is 51.6 Å². The summed E-state index contributed by atoms with van der Waals surface area (Å²) in [4.78, 5) is 0. The average molecular weight is 1290 g/mol. The van der Waals surface area contributed by atoms with E-state index in [1.54, 1.807) is 0 Å². The van der Waals surface area contributed by atoms with Gasteiger partial charge >= 0.3 is 23.5 Å². The van der Waals surface area contributed by atoms with Crippen LogP contribution in [0.2, 0.25) is 168 Å². The third kappa shape index (κ3) is 32.5. The lowest BCUT2D eigenvalue weighted by molar-refractivity contribution is 0.277. The minimum atomic E-state index is -3.64. The van der Waals surface area contributed by atoms with Crippen molar-refractivity contribution in [2.24, 2.45) is 0 Å². The van der Waals surface area contributed by atoms with E-state index >= 15 is 0 Å². The molecule has 0 fully saturated rings. The van der Waals surface area contributed by atoms with Crippen molar-refractivity contribution in [1.29, 1.82) is 0 Å². The summed E-state index contributed by atoms with van der Waals surface area (Å²) in [6, 6.07) is 16.9. The van der Waals surface area contributed by atoms with E-state index < -0.39 is 98.3 Å². The number of hydrogen-bond donors (Lipinski definition) is 0. The highest BCUT2D eigenvalue weighted by Crippen LogP contribution is 2.62. The molecule has 0 bridgehead atoms. The number of rotatable bonds is 43. The van der Waals surface area contributed by atoms with Crippen LogP contribution in [0.3, 0.4) is 0 Å². The Kier molecular flexibility index (Phi) is 41.6. The van der Waals surface area contributed by atoms with Crippen LogP contribution in [0.4, 0.5) is 0 Å². The van der Waals surface area contributed by atoms with E-state index in [0.717, 1.165) is 154 Å². The van der Waals surface area contributed by atoms with E-state index in [2.05, 4.69) is 124 Å². The Morgan fingerprint density at radius 2 is 0.382 bits per heavy atom. The molecule has 0 aliphatic rings. The van der Waals surface area contributed by atoms with Gasteiger partial charge in [-0.25, -0.2) is 13.7 Å². The van der Waals surface area contributed by atoms with Crippen LogP contribution in [0.5, 0.6) is 0 Å². The predicted octanol–water partition coefficient (Wildman–Crippen LogP) is 23.7. The van der Waals surface area contributed by atoms with Gasteiger partial charge in [-0.15, -0.1) is 0 Å². The topological polar surface area (TPSA) is 134 Å². The third-order valence-corrected chi connectivity index (χ3v) is 61.9. The van der Waals surface area contributed by atoms with Crippen LogP contribution in [0.1, 0.15) is 169 Å². The van der Waals surface area contributed by atoms with Gasteiger partial charge in [0.15, 0.2) is 25.0 Å². The maximum atomic E-state index is 14.9. The zero-order chi connectivity index (χ0) is 60.0. The third-order valence-electron chi connectivity index (χ3n) is 14.6. The van der Waals surface area contributed by atoms with E-state index in [0.29, 0.717) is 0 Å². The molecule has 24 heteroatoms. The molecule has 0 aromatic heterocycles. The first-order valence-electron chi connectivity index (χ1n) is 31.1. The minimum absolute atomic E-state index is 0.953. The maximum absolute atomic E-state index is 14.9. The highest BCUT2D eigenvalue weighted by atomic mass is 31.2. The molecule has 0 spiro atoms. The first-order chi connectivity index (χ1) is 34.9. The molecule has 12 nitrogen and oxygen atoms in total. The summed E-state index contributed by atoms with van der Waals surface area (Å²) in [5.41, 5.74) is 0. The lowest BCUT2D eigenvalue weighted by Crippen LogP contribution is -2.44. The van der Waals surface area contributed by atoms with Crippen LogP contribution >= 0.6 is 23.5 Å². The lowest BCUT2D eigenvalue weighted by Gasteiger charge is -2.42. The van der Waals surface area contributed by atoms with E-state index in [-0.39, 0.29) is 0 Å². The minimum Gasteiger partial charge on any atom is -0.331 e. The fraction of sp³-hybridized carbons (Fsp3) is 1.00. The molecule has 0 N–H and O–H groups in total. The molecule has 0 heterocycles. The van der Waals surface area contributed by atoms with Crippen molar-refractivity contribution in [3.8, 4) is 0 Å². The predicted molar refractivity (Wildman–Crippen MR) is 358 cm³/mol. The summed E-state index contributed by atoms with van der Waals surface area (Å²) in [6.07, 6.45) is 8.58. The van der Waals surface area contributed by atoms with Gasteiger partial charge in [0.05, 0.1) is 0 Å². The summed E-state index contributed by atoms with van der Waals surface area (Å²) in [6.45, 7) is 57.5. The zero-order valence-corrected chi connectivity index (χ0v) is 67.1. The molecule has 0 aliphatic carbocycles. The van der Waals surface area contributed by atoms with Gasteiger partial charge in [0.25, 0.3) is 0 Å². The fourth-order valence-corrected chi connectivity index (χ4v) is 56.0. The van der Waals surface area contributed by atoms with Gasteiger partial charge in [-0.05, 0) is 168 Å². The quantitative estimate of drug-likeness (QED) is 0.0425. The molecule has 0 unspecified atom stereocenters. The molecule has 462 valence electrons. The molecule has 0 radical (unpaired) electrons. The fourth-order valence-electron chi connectivity index (χ4n) is 10.5. The Labute approximate surface area is 484 Å². The molecule has 0 aromatic rings. The number of hydrogen-bond acceptors (Lipinski definition) is 12. The Bertz CT molecular complexity index is 1450. The molecular formula is C52H131O12P3Si9. The van der Waals surface area contributed by atoms with Crippen molar-refractivity contribution in [2.45, 2.75) is 337 Å². The first kappa shape index (κ1) is 82.5. The zero-order valence-electron chi connectivity index (χ0n) is 55.4. The van der Waals surface area contributed by atoms with Crippen LogP contribution in [0, 0.1) is 0 Å². The van der Waals surface area contributed by atoms with Gasteiger partial charge in [-0.1, -0.05) is 169 Å². The van der Waals surface area contributed by atoms with E-state index in [9.17, 15) is 13.7 Å².